The van der Waals surface area contributed by atoms with E-state index in [9.17, 15) is 13.2 Å². The lowest BCUT2D eigenvalue weighted by Crippen LogP contribution is -2.48. The number of amides is 1. The molecule has 3 heterocycles. The summed E-state index contributed by atoms with van der Waals surface area (Å²) in [4.78, 5) is 19.1. The van der Waals surface area contributed by atoms with Crippen molar-refractivity contribution in [2.24, 2.45) is 15.1 Å². The standard InChI is InChI=1S/C20H23N5O4S/c1-20(2,23-19(26)13-6-8-25-9-7-22-16(25)10-13)12-29-15-5-3-4-14-11-30(27,28)24-18(21)17(14)15/h3-6,8,10H,7,9,11-12H2,1-2H3,(H2,21,24)(H,23,26). The molecule has 9 nitrogen and oxygen atoms in total. The summed E-state index contributed by atoms with van der Waals surface area (Å²) in [5.41, 5.74) is 6.72. The van der Waals surface area contributed by atoms with Crippen LogP contribution in [-0.2, 0) is 20.6 Å². The minimum Gasteiger partial charge on any atom is -0.490 e. The largest absolute Gasteiger partial charge is 0.490 e. The number of nitrogens with zero attached hydrogens (tertiary/aromatic N) is 3. The lowest BCUT2D eigenvalue weighted by atomic mass is 10.0. The first-order valence-corrected chi connectivity index (χ1v) is 11.1. The first-order chi connectivity index (χ1) is 14.1. The van der Waals surface area contributed by atoms with Gasteiger partial charge in [-0.3, -0.25) is 9.79 Å². The minimum atomic E-state index is -3.62. The summed E-state index contributed by atoms with van der Waals surface area (Å²) in [5, 5.41) is 2.97. The highest BCUT2D eigenvalue weighted by Gasteiger charge is 2.28. The average Bonchev–Trinajstić information content (AvgIpc) is 3.12. The molecule has 3 aliphatic heterocycles. The minimum absolute atomic E-state index is 0.0897. The highest BCUT2D eigenvalue weighted by Crippen LogP contribution is 2.28. The van der Waals surface area contributed by atoms with E-state index in [1.54, 1.807) is 30.4 Å². The maximum Gasteiger partial charge on any atom is 0.259 e. The number of amidine groups is 2. The van der Waals surface area contributed by atoms with Gasteiger partial charge in [0.05, 0.1) is 23.4 Å². The van der Waals surface area contributed by atoms with Crippen LogP contribution in [0.2, 0.25) is 0 Å². The first kappa shape index (κ1) is 20.1. The van der Waals surface area contributed by atoms with Crippen LogP contribution in [0.3, 0.4) is 0 Å². The first-order valence-electron chi connectivity index (χ1n) is 9.50. The van der Waals surface area contributed by atoms with E-state index < -0.39 is 15.6 Å². The average molecular weight is 430 g/mol. The quantitative estimate of drug-likeness (QED) is 0.709. The van der Waals surface area contributed by atoms with E-state index in [1.807, 2.05) is 24.9 Å². The number of ether oxygens (including phenoxy) is 1. The molecule has 0 spiro atoms. The molecule has 0 atom stereocenters. The normalized spacial score (nSPS) is 19.3. The summed E-state index contributed by atoms with van der Waals surface area (Å²) in [7, 11) is -3.62. The smallest absolute Gasteiger partial charge is 0.259 e. The predicted molar refractivity (Wildman–Crippen MR) is 114 cm³/mol. The van der Waals surface area contributed by atoms with Gasteiger partial charge in [-0.05, 0) is 37.6 Å². The molecule has 3 N–H and O–H groups in total. The van der Waals surface area contributed by atoms with Gasteiger partial charge >= 0.3 is 0 Å². The Morgan fingerprint density at radius 2 is 2.17 bits per heavy atom. The number of hydrogen-bond acceptors (Lipinski definition) is 7. The number of sulfonamides is 1. The predicted octanol–water partition coefficient (Wildman–Crippen LogP) is 0.677. The Morgan fingerprint density at radius 1 is 1.37 bits per heavy atom. The third-order valence-corrected chi connectivity index (χ3v) is 6.02. The Morgan fingerprint density at radius 3 is 2.97 bits per heavy atom. The van der Waals surface area contributed by atoms with Crippen molar-refractivity contribution >= 4 is 27.6 Å². The lowest BCUT2D eigenvalue weighted by molar-refractivity contribution is -0.119. The van der Waals surface area contributed by atoms with Crippen LogP contribution in [-0.4, -0.2) is 56.1 Å². The van der Waals surface area contributed by atoms with Crippen LogP contribution in [0.4, 0.5) is 0 Å². The Kier molecular flexibility index (Phi) is 4.89. The highest BCUT2D eigenvalue weighted by atomic mass is 32.2. The number of benzene rings is 1. The van der Waals surface area contributed by atoms with Gasteiger partial charge in [-0.1, -0.05) is 12.1 Å². The van der Waals surface area contributed by atoms with Crippen LogP contribution in [0.5, 0.6) is 5.75 Å². The van der Waals surface area contributed by atoms with Crippen LogP contribution in [0.25, 0.3) is 0 Å². The van der Waals surface area contributed by atoms with Gasteiger partial charge in [-0.2, -0.15) is 0 Å². The van der Waals surface area contributed by atoms with Crippen LogP contribution < -0.4 is 15.8 Å². The molecule has 4 rings (SSSR count). The molecule has 1 aromatic rings. The van der Waals surface area contributed by atoms with Crippen molar-refractivity contribution in [3.05, 3.63) is 53.3 Å². The van der Waals surface area contributed by atoms with E-state index in [1.165, 1.54) is 0 Å². The third kappa shape index (κ3) is 4.09. The van der Waals surface area contributed by atoms with E-state index >= 15 is 0 Å². The maximum absolute atomic E-state index is 12.7. The number of hydrogen-bond donors (Lipinski definition) is 2. The molecule has 0 aliphatic carbocycles. The van der Waals surface area contributed by atoms with Crippen molar-refractivity contribution in [2.45, 2.75) is 25.1 Å². The summed E-state index contributed by atoms with van der Waals surface area (Å²) in [6.07, 6.45) is 5.39. The van der Waals surface area contributed by atoms with Gasteiger partial charge in [0.1, 0.15) is 24.0 Å². The topological polar surface area (TPSA) is 126 Å². The fourth-order valence-electron chi connectivity index (χ4n) is 3.46. The number of fused-ring (bicyclic) bond motifs is 2. The van der Waals surface area contributed by atoms with E-state index in [-0.39, 0.29) is 24.1 Å². The number of nitrogens with two attached hydrogens (primary N) is 1. The zero-order valence-corrected chi connectivity index (χ0v) is 17.6. The summed E-state index contributed by atoms with van der Waals surface area (Å²) in [6.45, 7) is 5.38. The van der Waals surface area contributed by atoms with E-state index in [0.717, 1.165) is 18.9 Å². The van der Waals surface area contributed by atoms with Crippen molar-refractivity contribution in [2.75, 3.05) is 19.7 Å². The molecule has 0 saturated carbocycles. The number of aliphatic imine (C=N–C) groups is 1. The zero-order chi connectivity index (χ0) is 21.5. The summed E-state index contributed by atoms with van der Waals surface area (Å²) >= 11 is 0. The molecule has 0 radical (unpaired) electrons. The Hall–Kier alpha value is -3.14. The molecule has 1 amide bonds. The molecule has 0 bridgehead atoms. The monoisotopic (exact) mass is 429 g/mol. The van der Waals surface area contributed by atoms with Gasteiger partial charge in [0, 0.05) is 18.3 Å². The molecule has 0 aromatic heterocycles. The Labute approximate surface area is 175 Å². The summed E-state index contributed by atoms with van der Waals surface area (Å²) in [5.74, 6) is 0.683. The fourth-order valence-corrected chi connectivity index (χ4v) is 4.55. The van der Waals surface area contributed by atoms with E-state index in [2.05, 4.69) is 14.7 Å². The number of rotatable bonds is 5. The van der Waals surface area contributed by atoms with Gasteiger partial charge in [0.15, 0.2) is 0 Å². The van der Waals surface area contributed by atoms with Gasteiger partial charge in [0.25, 0.3) is 15.9 Å². The molecule has 10 heteroatoms. The molecule has 3 aliphatic rings. The number of carbonyl (C=O) groups excluding carboxylic acids is 1. The molecule has 0 fully saturated rings. The van der Waals surface area contributed by atoms with Crippen molar-refractivity contribution in [1.29, 1.82) is 0 Å². The van der Waals surface area contributed by atoms with Crippen LogP contribution in [0.15, 0.2) is 51.5 Å². The Balaban J connectivity index is 1.45. The molecule has 0 saturated heterocycles. The zero-order valence-electron chi connectivity index (χ0n) is 16.8. The second kappa shape index (κ2) is 7.28. The molecular formula is C20H23N5O4S. The van der Waals surface area contributed by atoms with Gasteiger partial charge in [-0.25, -0.2) is 8.42 Å². The summed E-state index contributed by atoms with van der Waals surface area (Å²) < 4.78 is 33.1. The van der Waals surface area contributed by atoms with E-state index in [4.69, 9.17) is 10.5 Å². The fraction of sp³-hybridized carbons (Fsp3) is 0.350. The molecule has 1 aromatic carbocycles. The third-order valence-electron chi connectivity index (χ3n) is 4.87. The molecule has 30 heavy (non-hydrogen) atoms. The van der Waals surface area contributed by atoms with Crippen molar-refractivity contribution < 1.29 is 17.9 Å². The van der Waals surface area contributed by atoms with Crippen LogP contribution in [0.1, 0.15) is 25.0 Å². The van der Waals surface area contributed by atoms with Crippen molar-refractivity contribution in [3.8, 4) is 5.75 Å². The van der Waals surface area contributed by atoms with Crippen LogP contribution in [0, 0.1) is 0 Å². The van der Waals surface area contributed by atoms with Gasteiger partial charge in [0.2, 0.25) is 0 Å². The number of nitrogens with one attached hydrogen (secondary N) is 1. The van der Waals surface area contributed by atoms with E-state index in [0.29, 0.717) is 22.4 Å². The lowest BCUT2D eigenvalue weighted by Gasteiger charge is -2.28. The van der Waals surface area contributed by atoms with Gasteiger partial charge in [-0.15, -0.1) is 4.40 Å². The Bertz CT molecular complexity index is 1130. The summed E-state index contributed by atoms with van der Waals surface area (Å²) in [6, 6.07) is 5.10. The molecule has 158 valence electrons. The second-order valence-corrected chi connectivity index (χ2v) is 9.60. The molecule has 0 unspecified atom stereocenters. The molecular weight excluding hydrogens is 406 g/mol. The SMILES string of the molecule is CC(C)(COc1cccc2c1C(N)=NS(=O)(=O)C2)NC(=O)C1=CC2=NCCN2C=C1. The van der Waals surface area contributed by atoms with Crippen LogP contribution >= 0.6 is 0 Å². The maximum atomic E-state index is 12.7. The second-order valence-electron chi connectivity index (χ2n) is 7.97. The number of carbonyl (C=O) groups is 1. The van der Waals surface area contributed by atoms with Gasteiger partial charge < -0.3 is 20.7 Å². The van der Waals surface area contributed by atoms with Crippen molar-refractivity contribution in [1.82, 2.24) is 10.2 Å². The van der Waals surface area contributed by atoms with Crippen molar-refractivity contribution in [3.63, 3.8) is 0 Å². The highest BCUT2D eigenvalue weighted by molar-refractivity contribution is 7.89.